The highest BCUT2D eigenvalue weighted by Gasteiger charge is 2.42. The lowest BCUT2D eigenvalue weighted by Gasteiger charge is -2.40. The molecule has 5 nitrogen and oxygen atoms in total. The number of nitrogens with one attached hydrogen (secondary N) is 1. The summed E-state index contributed by atoms with van der Waals surface area (Å²) in [5, 5.41) is 12.8. The summed E-state index contributed by atoms with van der Waals surface area (Å²) in [7, 11) is 0. The average molecular weight is 318 g/mol. The second-order valence-electron chi connectivity index (χ2n) is 6.00. The number of fused-ring (bicyclic) bond motifs is 1. The second-order valence-corrected chi connectivity index (χ2v) is 6.00. The van der Waals surface area contributed by atoms with Crippen LogP contribution < -0.4 is 5.32 Å². The first-order chi connectivity index (χ1) is 11.0. The Morgan fingerprint density at radius 1 is 1.30 bits per heavy atom. The summed E-state index contributed by atoms with van der Waals surface area (Å²) in [5.74, 6) is -1.83. The molecule has 3 rings (SSSR count). The van der Waals surface area contributed by atoms with Crippen molar-refractivity contribution in [2.45, 2.75) is 32.4 Å². The molecule has 0 saturated carbocycles. The Morgan fingerprint density at radius 3 is 2.65 bits per heavy atom. The topological polar surface area (TPSA) is 69.6 Å². The summed E-state index contributed by atoms with van der Waals surface area (Å²) in [6.07, 6.45) is 1.39. The molecule has 1 aromatic carbocycles. The molecule has 2 aliphatic rings. The summed E-state index contributed by atoms with van der Waals surface area (Å²) in [6.45, 7) is 2.82. The van der Waals surface area contributed by atoms with Crippen LogP contribution in [-0.4, -0.2) is 34.4 Å². The van der Waals surface area contributed by atoms with Gasteiger partial charge >= 0.3 is 0 Å². The van der Waals surface area contributed by atoms with Gasteiger partial charge in [-0.1, -0.05) is 19.1 Å². The summed E-state index contributed by atoms with van der Waals surface area (Å²) in [5.41, 5.74) is 1.03. The van der Waals surface area contributed by atoms with Crippen LogP contribution in [0.5, 0.6) is 0 Å². The molecule has 0 aliphatic carbocycles. The van der Waals surface area contributed by atoms with Gasteiger partial charge in [0.1, 0.15) is 5.82 Å². The summed E-state index contributed by atoms with van der Waals surface area (Å²) < 4.78 is 13.0. The molecular weight excluding hydrogens is 299 g/mol. The van der Waals surface area contributed by atoms with Crippen LogP contribution in [0.25, 0.3) is 0 Å². The minimum absolute atomic E-state index is 0.120. The molecule has 0 spiro atoms. The maximum Gasteiger partial charge on any atom is 0.286 e. The lowest BCUT2D eigenvalue weighted by atomic mass is 9.80. The summed E-state index contributed by atoms with van der Waals surface area (Å²) in [4.78, 5) is 26.1. The van der Waals surface area contributed by atoms with Gasteiger partial charge < -0.3 is 15.3 Å². The van der Waals surface area contributed by atoms with E-state index in [4.69, 9.17) is 0 Å². The van der Waals surface area contributed by atoms with Gasteiger partial charge in [0, 0.05) is 25.0 Å². The van der Waals surface area contributed by atoms with Crippen LogP contribution in [0, 0.1) is 11.7 Å². The van der Waals surface area contributed by atoms with E-state index in [2.05, 4.69) is 5.32 Å². The monoisotopic (exact) mass is 318 g/mol. The number of carbonyl (C=O) groups is 2. The Morgan fingerprint density at radius 2 is 2.00 bits per heavy atom. The van der Waals surface area contributed by atoms with Crippen molar-refractivity contribution < 1.29 is 19.1 Å². The van der Waals surface area contributed by atoms with Crippen molar-refractivity contribution >= 4 is 11.8 Å². The molecule has 0 radical (unpaired) electrons. The van der Waals surface area contributed by atoms with Crippen molar-refractivity contribution in [2.75, 3.05) is 6.54 Å². The molecular formula is C17H19FN2O3. The maximum atomic E-state index is 13.0. The molecule has 2 aliphatic heterocycles. The number of rotatable bonds is 3. The third-order valence-corrected chi connectivity index (χ3v) is 4.60. The van der Waals surface area contributed by atoms with E-state index < -0.39 is 11.7 Å². The summed E-state index contributed by atoms with van der Waals surface area (Å²) in [6, 6.07) is 5.84. The normalized spacial score (nSPS) is 24.5. The minimum atomic E-state index is -0.583. The number of hydrogen-bond donors (Lipinski definition) is 2. The Bertz CT molecular complexity index is 669. The number of nitrogens with zero attached hydrogens (tertiary/aromatic N) is 1. The molecule has 1 aromatic rings. The Balaban J connectivity index is 1.85. The largest absolute Gasteiger partial charge is 0.503 e. The van der Waals surface area contributed by atoms with E-state index in [9.17, 15) is 19.1 Å². The molecule has 0 aromatic heterocycles. The number of benzene rings is 1. The first-order valence-corrected chi connectivity index (χ1v) is 7.79. The Kier molecular flexibility index (Phi) is 4.07. The average Bonchev–Trinajstić information content (AvgIpc) is 2.55. The minimum Gasteiger partial charge on any atom is -0.503 e. The van der Waals surface area contributed by atoms with Gasteiger partial charge in [0.2, 0.25) is 0 Å². The van der Waals surface area contributed by atoms with Gasteiger partial charge in [-0.3, -0.25) is 9.59 Å². The fourth-order valence-corrected chi connectivity index (χ4v) is 3.36. The van der Waals surface area contributed by atoms with Crippen LogP contribution in [0.15, 0.2) is 35.6 Å². The smallest absolute Gasteiger partial charge is 0.286 e. The third-order valence-electron chi connectivity index (χ3n) is 4.60. The fraction of sp³-hybridized carbons (Fsp3) is 0.412. The van der Waals surface area contributed by atoms with Gasteiger partial charge in [-0.15, -0.1) is 0 Å². The van der Waals surface area contributed by atoms with Gasteiger partial charge in [0.25, 0.3) is 11.8 Å². The molecule has 0 bridgehead atoms. The number of piperidine rings is 1. The zero-order valence-corrected chi connectivity index (χ0v) is 12.9. The summed E-state index contributed by atoms with van der Waals surface area (Å²) >= 11 is 0. The third kappa shape index (κ3) is 2.81. The number of halogens is 1. The standard InChI is InChI=1S/C17H19FN2O3/c1-2-13-12-7-8-20(9-10-3-5-11(18)6-4-10)17(23)14(12)15(21)16(22)19-13/h3-6,12-13,21H,2,7-9H2,1H3,(H,19,22). The lowest BCUT2D eigenvalue weighted by molar-refractivity contribution is -0.133. The van der Waals surface area contributed by atoms with Gasteiger partial charge in [-0.05, 0) is 30.5 Å². The van der Waals surface area contributed by atoms with Crippen LogP contribution in [-0.2, 0) is 16.1 Å². The zero-order valence-electron chi connectivity index (χ0n) is 12.9. The lowest BCUT2D eigenvalue weighted by Crippen LogP contribution is -2.53. The Hall–Kier alpha value is -2.37. The number of hydrogen-bond acceptors (Lipinski definition) is 3. The predicted octanol–water partition coefficient (Wildman–Crippen LogP) is 1.89. The molecule has 1 fully saturated rings. The molecule has 2 unspecified atom stereocenters. The van der Waals surface area contributed by atoms with E-state index in [1.807, 2.05) is 6.92 Å². The number of carbonyl (C=O) groups excluding carboxylic acids is 2. The van der Waals surface area contributed by atoms with Crippen molar-refractivity contribution in [1.29, 1.82) is 0 Å². The molecule has 2 heterocycles. The number of aliphatic hydroxyl groups excluding tert-OH is 1. The van der Waals surface area contributed by atoms with Crippen molar-refractivity contribution in [3.8, 4) is 0 Å². The highest BCUT2D eigenvalue weighted by molar-refractivity contribution is 6.05. The van der Waals surface area contributed by atoms with Gasteiger partial charge in [0.15, 0.2) is 5.76 Å². The molecule has 2 N–H and O–H groups in total. The van der Waals surface area contributed by atoms with E-state index in [0.717, 1.165) is 5.56 Å². The Labute approximate surface area is 133 Å². The van der Waals surface area contributed by atoms with Crippen LogP contribution >= 0.6 is 0 Å². The van der Waals surface area contributed by atoms with Crippen molar-refractivity contribution in [3.63, 3.8) is 0 Å². The zero-order chi connectivity index (χ0) is 16.6. The first-order valence-electron chi connectivity index (χ1n) is 7.79. The molecule has 23 heavy (non-hydrogen) atoms. The van der Waals surface area contributed by atoms with E-state index in [0.29, 0.717) is 25.9 Å². The SMILES string of the molecule is CCC1NC(=O)C(O)=C2C(=O)N(Cc3ccc(F)cc3)CCC21. The highest BCUT2D eigenvalue weighted by atomic mass is 19.1. The number of likely N-dealkylation sites (tertiary alicyclic amines) is 1. The van der Waals surface area contributed by atoms with Crippen LogP contribution in [0.4, 0.5) is 4.39 Å². The molecule has 1 saturated heterocycles. The van der Waals surface area contributed by atoms with Crippen molar-refractivity contribution in [2.24, 2.45) is 5.92 Å². The second kappa shape index (κ2) is 6.02. The molecule has 2 atom stereocenters. The molecule has 6 heteroatoms. The number of amides is 2. The maximum absolute atomic E-state index is 13.0. The van der Waals surface area contributed by atoms with Gasteiger partial charge in [0.05, 0.1) is 5.57 Å². The first kappa shape index (κ1) is 15.5. The van der Waals surface area contributed by atoms with Gasteiger partial charge in [-0.25, -0.2) is 4.39 Å². The fourth-order valence-electron chi connectivity index (χ4n) is 3.36. The van der Waals surface area contributed by atoms with Crippen molar-refractivity contribution in [3.05, 3.63) is 47.0 Å². The van der Waals surface area contributed by atoms with E-state index in [1.165, 1.54) is 12.1 Å². The predicted molar refractivity (Wildman–Crippen MR) is 81.8 cm³/mol. The quantitative estimate of drug-likeness (QED) is 0.894. The van der Waals surface area contributed by atoms with E-state index >= 15 is 0 Å². The van der Waals surface area contributed by atoms with Crippen LogP contribution in [0.2, 0.25) is 0 Å². The molecule has 2 amide bonds. The van der Waals surface area contributed by atoms with Crippen molar-refractivity contribution in [1.82, 2.24) is 10.2 Å². The van der Waals surface area contributed by atoms with E-state index in [1.54, 1.807) is 17.0 Å². The van der Waals surface area contributed by atoms with Crippen LogP contribution in [0.1, 0.15) is 25.3 Å². The molecule has 122 valence electrons. The van der Waals surface area contributed by atoms with E-state index in [-0.39, 0.29) is 29.3 Å². The highest BCUT2D eigenvalue weighted by Crippen LogP contribution is 2.33. The van der Waals surface area contributed by atoms with Crippen LogP contribution in [0.3, 0.4) is 0 Å². The number of aliphatic hydroxyl groups is 1. The van der Waals surface area contributed by atoms with Gasteiger partial charge in [-0.2, -0.15) is 0 Å².